The Hall–Kier alpha value is -2.47. The van der Waals surface area contributed by atoms with E-state index in [2.05, 4.69) is 41.2 Å². The van der Waals surface area contributed by atoms with Crippen LogP contribution in [0.2, 0.25) is 0 Å². The Morgan fingerprint density at radius 3 is 3.00 bits per heavy atom. The van der Waals surface area contributed by atoms with Gasteiger partial charge in [-0.3, -0.25) is 0 Å². The van der Waals surface area contributed by atoms with Gasteiger partial charge in [-0.05, 0) is 24.3 Å². The Bertz CT molecular complexity index is 947. The third kappa shape index (κ3) is 2.13. The molecule has 0 saturated carbocycles. The van der Waals surface area contributed by atoms with Crippen LogP contribution in [0, 0.1) is 0 Å². The van der Waals surface area contributed by atoms with E-state index in [1.807, 2.05) is 30.3 Å². The summed E-state index contributed by atoms with van der Waals surface area (Å²) in [5.74, 6) is 0. The first-order chi connectivity index (χ1) is 10.3. The number of nitrogens with one attached hydrogen (secondary N) is 2. The maximum atomic E-state index is 4.40. The van der Waals surface area contributed by atoms with Gasteiger partial charge in [-0.1, -0.05) is 22.0 Å². The minimum Gasteiger partial charge on any atom is -0.354 e. The first-order valence-electron chi connectivity index (χ1n) is 6.40. The Labute approximate surface area is 128 Å². The molecule has 0 aliphatic carbocycles. The molecule has 102 valence electrons. The first-order valence-corrected chi connectivity index (χ1v) is 7.19. The highest BCUT2D eigenvalue weighted by Gasteiger charge is 2.10. The molecule has 0 saturated heterocycles. The molecule has 0 aliphatic rings. The van der Waals surface area contributed by atoms with Gasteiger partial charge in [-0.25, -0.2) is 15.0 Å². The average molecular weight is 340 g/mol. The van der Waals surface area contributed by atoms with Crippen LogP contribution in [0.5, 0.6) is 0 Å². The van der Waals surface area contributed by atoms with Crippen molar-refractivity contribution in [3.63, 3.8) is 0 Å². The van der Waals surface area contributed by atoms with Crippen LogP contribution < -0.4 is 5.32 Å². The molecule has 6 heteroatoms. The van der Waals surface area contributed by atoms with Gasteiger partial charge in [0.15, 0.2) is 0 Å². The molecule has 2 aromatic carbocycles. The maximum absolute atomic E-state index is 4.40. The van der Waals surface area contributed by atoms with Crippen LogP contribution in [0.25, 0.3) is 21.9 Å². The molecule has 4 aromatic rings. The number of nitrogens with zero attached hydrogens (tertiary/aromatic N) is 3. The third-order valence-corrected chi connectivity index (χ3v) is 3.78. The molecule has 0 unspecified atom stereocenters. The second kappa shape index (κ2) is 4.82. The molecule has 2 N–H and O–H groups in total. The fourth-order valence-electron chi connectivity index (χ4n) is 2.37. The lowest BCUT2D eigenvalue weighted by Crippen LogP contribution is -1.93. The van der Waals surface area contributed by atoms with Crippen LogP contribution in [-0.2, 0) is 0 Å². The standard InChI is InChI=1S/C15H10BrN5/c16-9-2-1-3-10(4-9)21-13-5-12-11(6-17-7-18-12)14-15(13)20-8-19-14/h1-8,21H,(H,19,20). The van der Waals surface area contributed by atoms with Gasteiger partial charge in [0.2, 0.25) is 0 Å². The monoisotopic (exact) mass is 339 g/mol. The lowest BCUT2D eigenvalue weighted by Gasteiger charge is -2.09. The van der Waals surface area contributed by atoms with Crippen molar-refractivity contribution in [1.82, 2.24) is 19.9 Å². The van der Waals surface area contributed by atoms with Crippen molar-refractivity contribution in [3.05, 3.63) is 53.7 Å². The molecule has 2 heterocycles. The van der Waals surface area contributed by atoms with E-state index in [4.69, 9.17) is 0 Å². The summed E-state index contributed by atoms with van der Waals surface area (Å²) in [5, 5.41) is 4.36. The highest BCUT2D eigenvalue weighted by Crippen LogP contribution is 2.30. The van der Waals surface area contributed by atoms with E-state index in [1.54, 1.807) is 18.9 Å². The molecule has 0 aliphatic heterocycles. The van der Waals surface area contributed by atoms with Crippen molar-refractivity contribution in [2.45, 2.75) is 0 Å². The zero-order valence-corrected chi connectivity index (χ0v) is 12.4. The molecule has 5 nitrogen and oxygen atoms in total. The predicted octanol–water partition coefficient (Wildman–Crippen LogP) is 4.01. The van der Waals surface area contributed by atoms with E-state index in [0.29, 0.717) is 0 Å². The SMILES string of the molecule is Brc1cccc(Nc2cc3ncncc3c3[nH]cnc23)c1. The molecule has 0 amide bonds. The Balaban J connectivity index is 1.92. The quantitative estimate of drug-likeness (QED) is 0.579. The average Bonchev–Trinajstić information content (AvgIpc) is 2.97. The van der Waals surface area contributed by atoms with Crippen molar-refractivity contribution in [2.75, 3.05) is 5.32 Å². The van der Waals surface area contributed by atoms with Crippen molar-refractivity contribution >= 4 is 49.2 Å². The summed E-state index contributed by atoms with van der Waals surface area (Å²) in [6.45, 7) is 0. The molecule has 0 bridgehead atoms. The van der Waals surface area contributed by atoms with E-state index in [-0.39, 0.29) is 0 Å². The molecular formula is C15H10BrN5. The molecule has 0 spiro atoms. The van der Waals surface area contributed by atoms with Gasteiger partial charge in [-0.2, -0.15) is 0 Å². The molecule has 0 radical (unpaired) electrons. The zero-order chi connectivity index (χ0) is 14.2. The molecule has 4 rings (SSSR count). The minimum absolute atomic E-state index is 0.872. The number of hydrogen-bond acceptors (Lipinski definition) is 4. The van der Waals surface area contributed by atoms with Crippen LogP contribution in [0.1, 0.15) is 0 Å². The van der Waals surface area contributed by atoms with E-state index in [1.165, 1.54) is 0 Å². The van der Waals surface area contributed by atoms with E-state index < -0.39 is 0 Å². The number of anilines is 2. The van der Waals surface area contributed by atoms with Crippen LogP contribution in [0.15, 0.2) is 53.7 Å². The van der Waals surface area contributed by atoms with E-state index >= 15 is 0 Å². The Morgan fingerprint density at radius 2 is 2.10 bits per heavy atom. The summed E-state index contributed by atoms with van der Waals surface area (Å²) < 4.78 is 1.02. The van der Waals surface area contributed by atoms with E-state index in [9.17, 15) is 0 Å². The molecule has 2 aromatic heterocycles. The van der Waals surface area contributed by atoms with Crippen LogP contribution >= 0.6 is 15.9 Å². The van der Waals surface area contributed by atoms with Crippen LogP contribution in [0.4, 0.5) is 11.4 Å². The molecule has 0 atom stereocenters. The Morgan fingerprint density at radius 1 is 1.14 bits per heavy atom. The van der Waals surface area contributed by atoms with Crippen LogP contribution in [-0.4, -0.2) is 19.9 Å². The fourth-order valence-corrected chi connectivity index (χ4v) is 2.77. The smallest absolute Gasteiger partial charge is 0.116 e. The number of hydrogen-bond donors (Lipinski definition) is 2. The van der Waals surface area contributed by atoms with Gasteiger partial charge in [0.05, 0.1) is 23.0 Å². The van der Waals surface area contributed by atoms with Crippen molar-refractivity contribution in [1.29, 1.82) is 0 Å². The Kier molecular flexibility index (Phi) is 2.82. The highest BCUT2D eigenvalue weighted by molar-refractivity contribution is 9.10. The van der Waals surface area contributed by atoms with Crippen molar-refractivity contribution in [2.24, 2.45) is 0 Å². The van der Waals surface area contributed by atoms with Gasteiger partial charge in [0.25, 0.3) is 0 Å². The van der Waals surface area contributed by atoms with Gasteiger partial charge in [0, 0.05) is 21.7 Å². The summed E-state index contributed by atoms with van der Waals surface area (Å²) in [6, 6.07) is 9.98. The number of imidazole rings is 1. The van der Waals surface area contributed by atoms with E-state index in [0.717, 1.165) is 37.8 Å². The highest BCUT2D eigenvalue weighted by atomic mass is 79.9. The number of H-pyrrole nitrogens is 1. The number of aromatic nitrogens is 4. The van der Waals surface area contributed by atoms with Crippen molar-refractivity contribution in [3.8, 4) is 0 Å². The zero-order valence-electron chi connectivity index (χ0n) is 10.8. The van der Waals surface area contributed by atoms with Gasteiger partial charge < -0.3 is 10.3 Å². The summed E-state index contributed by atoms with van der Waals surface area (Å²) in [6.07, 6.45) is 5.03. The molecular weight excluding hydrogens is 330 g/mol. The summed E-state index contributed by atoms with van der Waals surface area (Å²) >= 11 is 3.48. The van der Waals surface area contributed by atoms with Crippen molar-refractivity contribution < 1.29 is 0 Å². The second-order valence-electron chi connectivity index (χ2n) is 4.64. The maximum Gasteiger partial charge on any atom is 0.116 e. The second-order valence-corrected chi connectivity index (χ2v) is 5.56. The summed E-state index contributed by atoms with van der Waals surface area (Å²) in [5.41, 5.74) is 4.58. The predicted molar refractivity (Wildman–Crippen MR) is 86.6 cm³/mol. The first kappa shape index (κ1) is 12.3. The number of rotatable bonds is 2. The normalized spacial score (nSPS) is 11.1. The van der Waals surface area contributed by atoms with Gasteiger partial charge in [-0.15, -0.1) is 0 Å². The topological polar surface area (TPSA) is 66.5 Å². The lowest BCUT2D eigenvalue weighted by molar-refractivity contribution is 1.22. The summed E-state index contributed by atoms with van der Waals surface area (Å²) in [7, 11) is 0. The summed E-state index contributed by atoms with van der Waals surface area (Å²) in [4.78, 5) is 16.0. The number of benzene rings is 2. The number of aromatic amines is 1. The van der Waals surface area contributed by atoms with Crippen LogP contribution in [0.3, 0.4) is 0 Å². The fraction of sp³-hybridized carbons (Fsp3) is 0. The number of fused-ring (bicyclic) bond motifs is 3. The minimum atomic E-state index is 0.872. The lowest BCUT2D eigenvalue weighted by atomic mass is 10.1. The van der Waals surface area contributed by atoms with Gasteiger partial charge in [0.1, 0.15) is 11.8 Å². The van der Waals surface area contributed by atoms with Gasteiger partial charge >= 0.3 is 0 Å². The largest absolute Gasteiger partial charge is 0.354 e. The number of halogens is 1. The molecule has 0 fully saturated rings. The third-order valence-electron chi connectivity index (χ3n) is 3.29. The molecule has 21 heavy (non-hydrogen) atoms.